The van der Waals surface area contributed by atoms with E-state index in [-0.39, 0.29) is 11.9 Å². The van der Waals surface area contributed by atoms with Crippen LogP contribution in [0.2, 0.25) is 0 Å². The number of anilines is 1. The van der Waals surface area contributed by atoms with Gasteiger partial charge in [0.05, 0.1) is 32.1 Å². The Hall–Kier alpha value is -2.81. The maximum atomic E-state index is 14.2. The van der Waals surface area contributed by atoms with Crippen molar-refractivity contribution in [1.29, 1.82) is 5.26 Å². The van der Waals surface area contributed by atoms with Gasteiger partial charge in [0.2, 0.25) is 0 Å². The molecule has 0 saturated carbocycles. The van der Waals surface area contributed by atoms with E-state index in [2.05, 4.69) is 10.3 Å². The Kier molecular flexibility index (Phi) is 4.79. The summed E-state index contributed by atoms with van der Waals surface area (Å²) in [5.74, 6) is 0.417. The maximum absolute atomic E-state index is 14.2. The summed E-state index contributed by atoms with van der Waals surface area (Å²) in [7, 11) is 2.96. The van der Waals surface area contributed by atoms with Crippen LogP contribution in [0.1, 0.15) is 24.2 Å². The number of nitrogens with zero attached hydrogens (tertiary/aromatic N) is 2. The van der Waals surface area contributed by atoms with Gasteiger partial charge in [-0.25, -0.2) is 9.37 Å². The van der Waals surface area contributed by atoms with Gasteiger partial charge in [-0.15, -0.1) is 0 Å². The molecular weight excluding hydrogens is 285 g/mol. The third kappa shape index (κ3) is 3.26. The first-order chi connectivity index (χ1) is 10.6. The van der Waals surface area contributed by atoms with Gasteiger partial charge < -0.3 is 14.8 Å². The molecule has 0 fully saturated rings. The molecule has 0 aliphatic heterocycles. The van der Waals surface area contributed by atoms with Crippen LogP contribution in [-0.2, 0) is 0 Å². The van der Waals surface area contributed by atoms with E-state index in [1.807, 2.05) is 13.0 Å². The van der Waals surface area contributed by atoms with Crippen LogP contribution in [0.25, 0.3) is 0 Å². The summed E-state index contributed by atoms with van der Waals surface area (Å²) in [6, 6.07) is 7.85. The summed E-state index contributed by atoms with van der Waals surface area (Å²) in [5, 5.41) is 11.9. The first-order valence-electron chi connectivity index (χ1n) is 6.63. The van der Waals surface area contributed by atoms with Gasteiger partial charge in [-0.05, 0) is 25.1 Å². The minimum absolute atomic E-state index is 0.311. The summed E-state index contributed by atoms with van der Waals surface area (Å²) in [6.07, 6.45) is 1.54. The zero-order chi connectivity index (χ0) is 16.1. The highest BCUT2D eigenvalue weighted by Gasteiger charge is 2.16. The molecular formula is C16H16FN3O2. The van der Waals surface area contributed by atoms with Crippen molar-refractivity contribution >= 4 is 5.69 Å². The molecule has 1 atom stereocenters. The van der Waals surface area contributed by atoms with E-state index >= 15 is 0 Å². The molecule has 2 rings (SSSR count). The molecule has 5 nitrogen and oxygen atoms in total. The highest BCUT2D eigenvalue weighted by Crippen LogP contribution is 2.33. The fourth-order valence-corrected chi connectivity index (χ4v) is 2.07. The van der Waals surface area contributed by atoms with Gasteiger partial charge in [0.15, 0.2) is 11.5 Å². The monoisotopic (exact) mass is 301 g/mol. The van der Waals surface area contributed by atoms with Crippen LogP contribution in [0.5, 0.6) is 11.5 Å². The molecule has 0 aliphatic carbocycles. The lowest BCUT2D eigenvalue weighted by molar-refractivity contribution is 0.351. The van der Waals surface area contributed by atoms with Crippen molar-refractivity contribution in [2.45, 2.75) is 13.0 Å². The standard InChI is InChI=1S/C16H16FN3O2/c1-10(20-12-5-4-11(8-18)19-9-12)13-6-15(21-2)16(22-3)7-14(13)17/h4-7,9-10,20H,1-3H3/t10-/m1/s1. The van der Waals surface area contributed by atoms with E-state index < -0.39 is 0 Å². The second kappa shape index (κ2) is 6.76. The molecule has 1 aromatic carbocycles. The van der Waals surface area contributed by atoms with E-state index in [1.165, 1.54) is 26.5 Å². The zero-order valence-corrected chi connectivity index (χ0v) is 12.6. The molecule has 0 bridgehead atoms. The number of halogens is 1. The molecule has 0 spiro atoms. The number of aromatic nitrogens is 1. The minimum atomic E-state index is -0.390. The molecule has 0 amide bonds. The fraction of sp³-hybridized carbons (Fsp3) is 0.250. The lowest BCUT2D eigenvalue weighted by Crippen LogP contribution is -2.09. The van der Waals surface area contributed by atoms with E-state index in [0.29, 0.717) is 28.4 Å². The van der Waals surface area contributed by atoms with E-state index in [0.717, 1.165) is 0 Å². The molecule has 114 valence electrons. The Morgan fingerprint density at radius 3 is 2.45 bits per heavy atom. The van der Waals surface area contributed by atoms with Crippen molar-refractivity contribution in [3.63, 3.8) is 0 Å². The van der Waals surface area contributed by atoms with Crippen molar-refractivity contribution in [1.82, 2.24) is 4.98 Å². The topological polar surface area (TPSA) is 67.2 Å². The number of hydrogen-bond donors (Lipinski definition) is 1. The summed E-state index contributed by atoms with van der Waals surface area (Å²) in [6.45, 7) is 1.82. The summed E-state index contributed by atoms with van der Waals surface area (Å²) in [4.78, 5) is 3.97. The van der Waals surface area contributed by atoms with Crippen LogP contribution in [0, 0.1) is 17.1 Å². The van der Waals surface area contributed by atoms with Crippen molar-refractivity contribution in [3.05, 3.63) is 47.5 Å². The first-order valence-corrected chi connectivity index (χ1v) is 6.63. The number of ether oxygens (including phenoxy) is 2. The van der Waals surface area contributed by atoms with Gasteiger partial charge in [-0.3, -0.25) is 0 Å². The van der Waals surface area contributed by atoms with Crippen LogP contribution in [0.4, 0.5) is 10.1 Å². The highest BCUT2D eigenvalue weighted by molar-refractivity contribution is 5.49. The van der Waals surface area contributed by atoms with E-state index in [9.17, 15) is 4.39 Å². The van der Waals surface area contributed by atoms with E-state index in [4.69, 9.17) is 14.7 Å². The second-order valence-electron chi connectivity index (χ2n) is 4.64. The summed E-state index contributed by atoms with van der Waals surface area (Å²) >= 11 is 0. The Morgan fingerprint density at radius 2 is 1.91 bits per heavy atom. The lowest BCUT2D eigenvalue weighted by Gasteiger charge is -2.18. The van der Waals surface area contributed by atoms with Gasteiger partial charge in [0.25, 0.3) is 0 Å². The average molecular weight is 301 g/mol. The van der Waals surface area contributed by atoms with Crippen LogP contribution in [-0.4, -0.2) is 19.2 Å². The molecule has 22 heavy (non-hydrogen) atoms. The number of nitrogens with one attached hydrogen (secondary N) is 1. The predicted octanol–water partition coefficient (Wildman–Crippen LogP) is 3.28. The van der Waals surface area contributed by atoms with Crippen LogP contribution in [0.15, 0.2) is 30.5 Å². The quantitative estimate of drug-likeness (QED) is 0.918. The molecule has 0 radical (unpaired) electrons. The van der Waals surface area contributed by atoms with Crippen LogP contribution < -0.4 is 14.8 Å². The number of nitriles is 1. The maximum Gasteiger partial charge on any atom is 0.163 e. The molecule has 1 aromatic heterocycles. The van der Waals surface area contributed by atoms with Crippen LogP contribution in [0.3, 0.4) is 0 Å². The van der Waals surface area contributed by atoms with Gasteiger partial charge >= 0.3 is 0 Å². The zero-order valence-electron chi connectivity index (χ0n) is 12.6. The highest BCUT2D eigenvalue weighted by atomic mass is 19.1. The summed E-state index contributed by atoms with van der Waals surface area (Å²) in [5.41, 5.74) is 1.47. The van der Waals surface area contributed by atoms with Gasteiger partial charge in [0.1, 0.15) is 17.6 Å². The van der Waals surface area contributed by atoms with E-state index in [1.54, 1.807) is 18.2 Å². The van der Waals surface area contributed by atoms with Gasteiger partial charge in [-0.2, -0.15) is 5.26 Å². The number of benzene rings is 1. The molecule has 0 aliphatic rings. The number of rotatable bonds is 5. The normalized spacial score (nSPS) is 11.4. The first kappa shape index (κ1) is 15.6. The number of pyridine rings is 1. The number of hydrogen-bond acceptors (Lipinski definition) is 5. The Morgan fingerprint density at radius 1 is 1.23 bits per heavy atom. The second-order valence-corrected chi connectivity index (χ2v) is 4.64. The van der Waals surface area contributed by atoms with Crippen molar-refractivity contribution in [2.75, 3.05) is 19.5 Å². The SMILES string of the molecule is COc1cc(F)c([C@@H](C)Nc2ccc(C#N)nc2)cc1OC. The molecule has 0 unspecified atom stereocenters. The smallest absolute Gasteiger partial charge is 0.163 e. The van der Waals surface area contributed by atoms with Crippen molar-refractivity contribution < 1.29 is 13.9 Å². The van der Waals surface area contributed by atoms with Gasteiger partial charge in [0, 0.05) is 11.6 Å². The van der Waals surface area contributed by atoms with Crippen molar-refractivity contribution in [2.24, 2.45) is 0 Å². The summed E-state index contributed by atoms with van der Waals surface area (Å²) < 4.78 is 24.5. The van der Waals surface area contributed by atoms with Gasteiger partial charge in [-0.1, -0.05) is 0 Å². The third-order valence-electron chi connectivity index (χ3n) is 3.23. The fourth-order valence-electron chi connectivity index (χ4n) is 2.07. The lowest BCUT2D eigenvalue weighted by atomic mass is 10.1. The number of methoxy groups -OCH3 is 2. The molecule has 1 heterocycles. The molecule has 2 aromatic rings. The molecule has 1 N–H and O–H groups in total. The predicted molar refractivity (Wildman–Crippen MR) is 80.5 cm³/mol. The third-order valence-corrected chi connectivity index (χ3v) is 3.23. The molecule has 6 heteroatoms. The largest absolute Gasteiger partial charge is 0.493 e. The average Bonchev–Trinajstić information content (AvgIpc) is 2.55. The Labute approximate surface area is 128 Å². The van der Waals surface area contributed by atoms with Crippen LogP contribution >= 0.6 is 0 Å². The Bertz CT molecular complexity index is 696. The Balaban J connectivity index is 2.24. The molecule has 0 saturated heterocycles. The minimum Gasteiger partial charge on any atom is -0.493 e. The van der Waals surface area contributed by atoms with Crippen molar-refractivity contribution in [3.8, 4) is 17.6 Å².